The van der Waals surface area contributed by atoms with Crippen molar-refractivity contribution in [2.75, 3.05) is 50.7 Å². The van der Waals surface area contributed by atoms with Crippen LogP contribution in [-0.2, 0) is 20.8 Å². The molecule has 1 N–H and O–H groups in total. The van der Waals surface area contributed by atoms with Crippen LogP contribution in [0.3, 0.4) is 0 Å². The second-order valence-electron chi connectivity index (χ2n) is 9.27. The molecule has 1 aromatic carbocycles. The highest BCUT2D eigenvalue weighted by molar-refractivity contribution is 5.81. The fourth-order valence-electron chi connectivity index (χ4n) is 4.83. The number of carbonyl (C=O) groups is 3. The van der Waals surface area contributed by atoms with Crippen molar-refractivity contribution < 1.29 is 14.4 Å². The number of aromatic nitrogens is 1. The van der Waals surface area contributed by atoms with Crippen molar-refractivity contribution in [2.45, 2.75) is 32.1 Å². The molecule has 0 saturated carbocycles. The Bertz CT molecular complexity index is 977. The zero-order valence-electron chi connectivity index (χ0n) is 20.3. The van der Waals surface area contributed by atoms with Crippen LogP contribution in [0.4, 0.5) is 5.82 Å². The van der Waals surface area contributed by atoms with E-state index in [0.717, 1.165) is 30.9 Å². The Morgan fingerprint density at radius 1 is 0.886 bits per heavy atom. The average Bonchev–Trinajstić information content (AvgIpc) is 2.94. The second kappa shape index (κ2) is 12.3. The molecule has 8 nitrogen and oxygen atoms in total. The number of benzene rings is 1. The zero-order valence-corrected chi connectivity index (χ0v) is 20.3. The first kappa shape index (κ1) is 24.7. The first-order chi connectivity index (χ1) is 17.1. The summed E-state index contributed by atoms with van der Waals surface area (Å²) in [4.78, 5) is 49.0. The number of hydrogen-bond donors (Lipinski definition) is 1. The van der Waals surface area contributed by atoms with E-state index in [-0.39, 0.29) is 30.1 Å². The SMILES string of the molecule is O=C1CCN(C(=O)Cc2ccccc2)CCCC(C(=O)N2CCN(c3ccccn3)CC2)CCN1. The van der Waals surface area contributed by atoms with Gasteiger partial charge in [-0.15, -0.1) is 0 Å². The summed E-state index contributed by atoms with van der Waals surface area (Å²) in [7, 11) is 0. The summed E-state index contributed by atoms with van der Waals surface area (Å²) in [5.74, 6) is 0.899. The lowest BCUT2D eigenvalue weighted by Crippen LogP contribution is -2.51. The summed E-state index contributed by atoms with van der Waals surface area (Å²) >= 11 is 0. The highest BCUT2D eigenvalue weighted by atomic mass is 16.2. The molecule has 2 aliphatic rings. The van der Waals surface area contributed by atoms with E-state index in [1.54, 1.807) is 11.1 Å². The zero-order chi connectivity index (χ0) is 24.5. The molecular weight excluding hydrogens is 442 g/mol. The number of nitrogens with zero attached hydrogens (tertiary/aromatic N) is 4. The van der Waals surface area contributed by atoms with Crippen LogP contribution in [0.1, 0.15) is 31.2 Å². The number of pyridine rings is 1. The van der Waals surface area contributed by atoms with Crippen LogP contribution in [0.2, 0.25) is 0 Å². The van der Waals surface area contributed by atoms with Gasteiger partial charge in [-0.2, -0.15) is 0 Å². The molecule has 186 valence electrons. The Balaban J connectivity index is 1.33. The average molecular weight is 478 g/mol. The minimum atomic E-state index is -0.152. The predicted octanol–water partition coefficient (Wildman–Crippen LogP) is 2.11. The maximum atomic E-state index is 13.4. The van der Waals surface area contributed by atoms with Gasteiger partial charge < -0.3 is 20.0 Å². The van der Waals surface area contributed by atoms with Gasteiger partial charge in [-0.25, -0.2) is 4.98 Å². The van der Waals surface area contributed by atoms with Crippen molar-refractivity contribution in [1.29, 1.82) is 0 Å². The van der Waals surface area contributed by atoms with E-state index in [1.807, 2.05) is 53.4 Å². The summed E-state index contributed by atoms with van der Waals surface area (Å²) in [6.07, 6.45) is 4.49. The van der Waals surface area contributed by atoms with Crippen LogP contribution in [0.15, 0.2) is 54.7 Å². The lowest BCUT2D eigenvalue weighted by atomic mass is 9.97. The van der Waals surface area contributed by atoms with Crippen LogP contribution in [0, 0.1) is 5.92 Å². The van der Waals surface area contributed by atoms with Crippen LogP contribution in [0.5, 0.6) is 0 Å². The van der Waals surface area contributed by atoms with E-state index < -0.39 is 0 Å². The van der Waals surface area contributed by atoms with Gasteiger partial charge in [0.1, 0.15) is 5.82 Å². The second-order valence-corrected chi connectivity index (χ2v) is 9.27. The Morgan fingerprint density at radius 3 is 2.40 bits per heavy atom. The number of hydrogen-bond acceptors (Lipinski definition) is 5. The third kappa shape index (κ3) is 7.04. The molecule has 2 fully saturated rings. The van der Waals surface area contributed by atoms with Crippen molar-refractivity contribution in [3.8, 4) is 0 Å². The monoisotopic (exact) mass is 477 g/mol. The fraction of sp³-hybridized carbons (Fsp3) is 0.481. The molecule has 0 radical (unpaired) electrons. The molecule has 3 amide bonds. The molecule has 2 saturated heterocycles. The van der Waals surface area contributed by atoms with Gasteiger partial charge in [0.15, 0.2) is 0 Å². The van der Waals surface area contributed by atoms with Crippen LogP contribution in [0.25, 0.3) is 0 Å². The largest absolute Gasteiger partial charge is 0.356 e. The molecule has 2 aromatic rings. The van der Waals surface area contributed by atoms with Gasteiger partial charge >= 0.3 is 0 Å². The lowest BCUT2D eigenvalue weighted by Gasteiger charge is -2.37. The van der Waals surface area contributed by atoms with Crippen molar-refractivity contribution >= 4 is 23.5 Å². The van der Waals surface area contributed by atoms with Gasteiger partial charge in [0.2, 0.25) is 17.7 Å². The van der Waals surface area contributed by atoms with E-state index in [9.17, 15) is 14.4 Å². The summed E-state index contributed by atoms with van der Waals surface area (Å²) in [5.41, 5.74) is 0.967. The van der Waals surface area contributed by atoms with E-state index in [4.69, 9.17) is 0 Å². The highest BCUT2D eigenvalue weighted by Gasteiger charge is 2.28. The number of nitrogens with one attached hydrogen (secondary N) is 1. The Morgan fingerprint density at radius 2 is 1.66 bits per heavy atom. The molecule has 1 unspecified atom stereocenters. The summed E-state index contributed by atoms with van der Waals surface area (Å²) in [6.45, 7) is 4.31. The van der Waals surface area contributed by atoms with Gasteiger partial charge in [-0.05, 0) is 37.0 Å². The summed E-state index contributed by atoms with van der Waals surface area (Å²) < 4.78 is 0. The quantitative estimate of drug-likeness (QED) is 0.729. The Hall–Kier alpha value is -3.42. The maximum absolute atomic E-state index is 13.4. The lowest BCUT2D eigenvalue weighted by molar-refractivity contribution is -0.136. The van der Waals surface area contributed by atoms with Gasteiger partial charge in [0.25, 0.3) is 0 Å². The van der Waals surface area contributed by atoms with Crippen LogP contribution >= 0.6 is 0 Å². The molecule has 35 heavy (non-hydrogen) atoms. The summed E-state index contributed by atoms with van der Waals surface area (Å²) in [6, 6.07) is 15.5. The molecule has 8 heteroatoms. The predicted molar refractivity (Wildman–Crippen MR) is 135 cm³/mol. The van der Waals surface area contributed by atoms with Crippen molar-refractivity contribution in [3.05, 3.63) is 60.3 Å². The molecule has 1 atom stereocenters. The Kier molecular flexibility index (Phi) is 8.70. The minimum Gasteiger partial charge on any atom is -0.356 e. The third-order valence-electron chi connectivity index (χ3n) is 6.87. The van der Waals surface area contributed by atoms with Gasteiger partial charge in [0, 0.05) is 64.3 Å². The molecule has 0 bridgehead atoms. The van der Waals surface area contributed by atoms with Gasteiger partial charge in [-0.3, -0.25) is 14.4 Å². The molecule has 0 spiro atoms. The topological polar surface area (TPSA) is 85.9 Å². The Labute approximate surface area is 207 Å². The van der Waals surface area contributed by atoms with Crippen LogP contribution in [-0.4, -0.2) is 78.3 Å². The van der Waals surface area contributed by atoms with E-state index in [1.165, 1.54) is 0 Å². The molecular formula is C27H35N5O3. The standard InChI is InChI=1S/C27H35N5O3/c33-25-12-16-31(26(34)21-22-7-2-1-3-8-22)15-6-9-23(11-14-29-25)27(35)32-19-17-30(18-20-32)24-10-4-5-13-28-24/h1-5,7-8,10,13,23H,6,9,11-12,14-21H2,(H,29,33). The number of carbonyl (C=O) groups excluding carboxylic acids is 3. The number of anilines is 1. The number of piperazine rings is 1. The molecule has 3 heterocycles. The molecule has 0 aliphatic carbocycles. The fourth-order valence-corrected chi connectivity index (χ4v) is 4.83. The van der Waals surface area contributed by atoms with Gasteiger partial charge in [-0.1, -0.05) is 36.4 Å². The first-order valence-corrected chi connectivity index (χ1v) is 12.6. The summed E-state index contributed by atoms with van der Waals surface area (Å²) in [5, 5.41) is 2.94. The smallest absolute Gasteiger partial charge is 0.227 e. The number of rotatable bonds is 4. The minimum absolute atomic E-state index is 0.0248. The maximum Gasteiger partial charge on any atom is 0.227 e. The molecule has 4 rings (SSSR count). The molecule has 2 aliphatic heterocycles. The van der Waals surface area contributed by atoms with E-state index in [0.29, 0.717) is 52.0 Å². The van der Waals surface area contributed by atoms with Crippen molar-refractivity contribution in [1.82, 2.24) is 20.1 Å². The number of amides is 3. The van der Waals surface area contributed by atoms with Crippen molar-refractivity contribution in [2.24, 2.45) is 5.92 Å². The molecule has 1 aromatic heterocycles. The highest BCUT2D eigenvalue weighted by Crippen LogP contribution is 2.19. The first-order valence-electron chi connectivity index (χ1n) is 12.6. The van der Waals surface area contributed by atoms with E-state index in [2.05, 4.69) is 15.2 Å². The van der Waals surface area contributed by atoms with Crippen LogP contribution < -0.4 is 10.2 Å². The van der Waals surface area contributed by atoms with Crippen molar-refractivity contribution in [3.63, 3.8) is 0 Å². The third-order valence-corrected chi connectivity index (χ3v) is 6.87. The normalized spacial score (nSPS) is 20.1. The van der Waals surface area contributed by atoms with Gasteiger partial charge in [0.05, 0.1) is 6.42 Å². The van der Waals surface area contributed by atoms with E-state index >= 15 is 0 Å².